The highest BCUT2D eigenvalue weighted by molar-refractivity contribution is 6.30. The number of rotatable bonds is 7. The predicted octanol–water partition coefficient (Wildman–Crippen LogP) is 5.70. The maximum absolute atomic E-state index is 12.8. The van der Waals surface area contributed by atoms with E-state index in [9.17, 15) is 4.79 Å². The third kappa shape index (κ3) is 5.01. The highest BCUT2D eigenvalue weighted by atomic mass is 35.5. The molecule has 0 spiro atoms. The van der Waals surface area contributed by atoms with Gasteiger partial charge in [0, 0.05) is 48.3 Å². The molecule has 0 unspecified atom stereocenters. The number of carbonyl (C=O) groups excluding carboxylic acids is 1. The Labute approximate surface area is 198 Å². The van der Waals surface area contributed by atoms with Crippen LogP contribution in [0.1, 0.15) is 34.8 Å². The van der Waals surface area contributed by atoms with Crippen LogP contribution in [-0.4, -0.2) is 32.6 Å². The number of carbonyl (C=O) groups is 1. The molecule has 0 aliphatic heterocycles. The number of halogens is 1. The summed E-state index contributed by atoms with van der Waals surface area (Å²) >= 11 is 5.94. The molecule has 33 heavy (non-hydrogen) atoms. The van der Waals surface area contributed by atoms with E-state index in [1.165, 1.54) is 0 Å². The van der Waals surface area contributed by atoms with Crippen molar-refractivity contribution < 1.29 is 9.21 Å². The Kier molecular flexibility index (Phi) is 6.65. The Morgan fingerprint density at radius 2 is 1.82 bits per heavy atom. The van der Waals surface area contributed by atoms with Gasteiger partial charge in [-0.25, -0.2) is 9.67 Å². The fourth-order valence-electron chi connectivity index (χ4n) is 3.84. The van der Waals surface area contributed by atoms with Crippen molar-refractivity contribution in [2.75, 3.05) is 7.05 Å². The van der Waals surface area contributed by atoms with Crippen molar-refractivity contribution in [3.8, 4) is 17.0 Å². The number of oxazole rings is 1. The maximum Gasteiger partial charge on any atom is 0.223 e. The molecule has 2 aromatic carbocycles. The smallest absolute Gasteiger partial charge is 0.223 e. The van der Waals surface area contributed by atoms with Gasteiger partial charge in [-0.1, -0.05) is 29.8 Å². The highest BCUT2D eigenvalue weighted by Crippen LogP contribution is 2.24. The summed E-state index contributed by atoms with van der Waals surface area (Å²) in [5.41, 5.74) is 6.15. The van der Waals surface area contributed by atoms with Gasteiger partial charge in [-0.2, -0.15) is 5.10 Å². The highest BCUT2D eigenvalue weighted by Gasteiger charge is 2.18. The van der Waals surface area contributed by atoms with Crippen molar-refractivity contribution in [1.29, 1.82) is 0 Å². The van der Waals surface area contributed by atoms with Gasteiger partial charge >= 0.3 is 0 Å². The lowest BCUT2D eigenvalue weighted by Crippen LogP contribution is -2.27. The van der Waals surface area contributed by atoms with E-state index in [4.69, 9.17) is 21.1 Å². The van der Waals surface area contributed by atoms with Crippen LogP contribution in [0.25, 0.3) is 17.0 Å². The van der Waals surface area contributed by atoms with Gasteiger partial charge < -0.3 is 9.32 Å². The first-order valence-electron chi connectivity index (χ1n) is 10.9. The lowest BCUT2D eigenvalue weighted by atomic mass is 10.1. The van der Waals surface area contributed by atoms with Crippen LogP contribution >= 0.6 is 11.6 Å². The molecule has 2 aromatic heterocycles. The summed E-state index contributed by atoms with van der Waals surface area (Å²) in [4.78, 5) is 18.9. The first kappa shape index (κ1) is 22.8. The van der Waals surface area contributed by atoms with Crippen LogP contribution in [0.3, 0.4) is 0 Å². The second kappa shape index (κ2) is 9.63. The van der Waals surface area contributed by atoms with Crippen molar-refractivity contribution >= 4 is 17.5 Å². The SMILES string of the molecule is Cc1ccccc1-n1nc(C)c(CN(C)C(=O)CCc2ncc(-c3ccc(Cl)cc3)o2)c1C. The Bertz CT molecular complexity index is 1270. The molecule has 1 amide bonds. The lowest BCUT2D eigenvalue weighted by Gasteiger charge is -2.17. The molecule has 0 aliphatic rings. The van der Waals surface area contributed by atoms with Gasteiger partial charge in [-0.15, -0.1) is 0 Å². The number of amides is 1. The molecule has 2 heterocycles. The quantitative estimate of drug-likeness (QED) is 0.353. The van der Waals surface area contributed by atoms with Crippen LogP contribution in [-0.2, 0) is 17.8 Å². The van der Waals surface area contributed by atoms with Gasteiger partial charge in [0.15, 0.2) is 11.7 Å². The van der Waals surface area contributed by atoms with Crippen molar-refractivity contribution in [3.05, 3.63) is 88.2 Å². The zero-order valence-corrected chi connectivity index (χ0v) is 20.1. The van der Waals surface area contributed by atoms with Crippen LogP contribution in [0.5, 0.6) is 0 Å². The molecule has 0 bridgehead atoms. The average molecular weight is 463 g/mol. The normalized spacial score (nSPS) is 11.1. The number of para-hydroxylation sites is 1. The van der Waals surface area contributed by atoms with E-state index in [1.54, 1.807) is 11.1 Å². The first-order chi connectivity index (χ1) is 15.8. The Hall–Kier alpha value is -3.38. The molecule has 0 N–H and O–H groups in total. The summed E-state index contributed by atoms with van der Waals surface area (Å²) in [6.45, 7) is 6.61. The van der Waals surface area contributed by atoms with E-state index in [-0.39, 0.29) is 5.91 Å². The van der Waals surface area contributed by atoms with Crippen molar-refractivity contribution in [2.45, 2.75) is 40.2 Å². The summed E-state index contributed by atoms with van der Waals surface area (Å²) in [5, 5.41) is 5.40. The third-order valence-corrected chi connectivity index (χ3v) is 6.09. The number of aromatic nitrogens is 3. The molecule has 0 aliphatic carbocycles. The van der Waals surface area contributed by atoms with Crippen molar-refractivity contribution in [1.82, 2.24) is 19.7 Å². The maximum atomic E-state index is 12.8. The molecule has 0 radical (unpaired) electrons. The predicted molar refractivity (Wildman–Crippen MR) is 130 cm³/mol. The lowest BCUT2D eigenvalue weighted by molar-refractivity contribution is -0.130. The summed E-state index contributed by atoms with van der Waals surface area (Å²) in [6, 6.07) is 15.5. The molecule has 0 saturated carbocycles. The number of benzene rings is 2. The zero-order valence-electron chi connectivity index (χ0n) is 19.3. The third-order valence-electron chi connectivity index (χ3n) is 5.84. The van der Waals surface area contributed by atoms with Crippen LogP contribution in [0.15, 0.2) is 59.1 Å². The Morgan fingerprint density at radius 1 is 1.09 bits per heavy atom. The minimum Gasteiger partial charge on any atom is -0.441 e. The summed E-state index contributed by atoms with van der Waals surface area (Å²) in [7, 11) is 1.82. The Balaban J connectivity index is 1.40. The van der Waals surface area contributed by atoms with Crippen molar-refractivity contribution in [3.63, 3.8) is 0 Å². The summed E-state index contributed by atoms with van der Waals surface area (Å²) < 4.78 is 7.78. The van der Waals surface area contributed by atoms with E-state index >= 15 is 0 Å². The van der Waals surface area contributed by atoms with Gasteiger partial charge in [0.05, 0.1) is 17.6 Å². The topological polar surface area (TPSA) is 64.2 Å². The van der Waals surface area contributed by atoms with Crippen LogP contribution < -0.4 is 0 Å². The molecule has 6 nitrogen and oxygen atoms in total. The minimum atomic E-state index is 0.0312. The van der Waals surface area contributed by atoms with E-state index in [0.29, 0.717) is 36.1 Å². The largest absolute Gasteiger partial charge is 0.441 e. The average Bonchev–Trinajstić information content (AvgIpc) is 3.38. The van der Waals surface area contributed by atoms with Gasteiger partial charge in [0.1, 0.15) is 0 Å². The van der Waals surface area contributed by atoms with Crippen molar-refractivity contribution in [2.24, 2.45) is 0 Å². The van der Waals surface area contributed by atoms with Crippen LogP contribution in [0.4, 0.5) is 0 Å². The fraction of sp³-hybridized carbons (Fsp3) is 0.269. The zero-order chi connectivity index (χ0) is 23.5. The van der Waals surface area contributed by atoms with Gasteiger partial charge in [0.25, 0.3) is 0 Å². The summed E-state index contributed by atoms with van der Waals surface area (Å²) in [5.74, 6) is 1.24. The molecular weight excluding hydrogens is 436 g/mol. The molecule has 4 aromatic rings. The van der Waals surface area contributed by atoms with E-state index in [0.717, 1.165) is 33.8 Å². The number of hydrogen-bond donors (Lipinski definition) is 0. The molecule has 0 fully saturated rings. The van der Waals surface area contributed by atoms with Gasteiger partial charge in [-0.05, 0) is 56.7 Å². The first-order valence-corrected chi connectivity index (χ1v) is 11.3. The number of nitrogens with zero attached hydrogens (tertiary/aromatic N) is 4. The molecule has 7 heteroatoms. The van der Waals surface area contributed by atoms with E-state index in [2.05, 4.69) is 24.0 Å². The monoisotopic (exact) mass is 462 g/mol. The fourth-order valence-corrected chi connectivity index (χ4v) is 3.97. The van der Waals surface area contributed by atoms with Crippen LogP contribution in [0, 0.1) is 20.8 Å². The molecule has 0 atom stereocenters. The second-order valence-electron chi connectivity index (χ2n) is 8.22. The molecule has 4 rings (SSSR count). The van der Waals surface area contributed by atoms with E-state index in [1.807, 2.05) is 62.0 Å². The molecule has 0 saturated heterocycles. The van der Waals surface area contributed by atoms with E-state index < -0.39 is 0 Å². The Morgan fingerprint density at radius 3 is 2.55 bits per heavy atom. The molecule has 170 valence electrons. The van der Waals surface area contributed by atoms with Crippen LogP contribution in [0.2, 0.25) is 5.02 Å². The second-order valence-corrected chi connectivity index (χ2v) is 8.66. The van der Waals surface area contributed by atoms with Gasteiger partial charge in [-0.3, -0.25) is 4.79 Å². The number of hydrogen-bond acceptors (Lipinski definition) is 4. The standard InChI is InChI=1S/C26H27ClN4O2/c1-17-7-5-6-8-23(17)31-19(3)22(18(2)29-31)16-30(4)26(32)14-13-25-28-15-24(33-25)20-9-11-21(27)12-10-20/h5-12,15H,13-14,16H2,1-4H3. The molecular formula is C26H27ClN4O2. The minimum absolute atomic E-state index is 0.0312. The summed E-state index contributed by atoms with van der Waals surface area (Å²) in [6.07, 6.45) is 2.44. The number of aryl methyl sites for hydroxylation is 3. The van der Waals surface area contributed by atoms with Gasteiger partial charge in [0.2, 0.25) is 5.91 Å².